The second-order valence-corrected chi connectivity index (χ2v) is 5.42. The molecule has 0 unspecified atom stereocenters. The molecule has 0 aliphatic heterocycles. The summed E-state index contributed by atoms with van der Waals surface area (Å²) >= 11 is 5.66. The van der Waals surface area contributed by atoms with E-state index in [1.807, 2.05) is 30.3 Å². The van der Waals surface area contributed by atoms with Crippen molar-refractivity contribution >= 4 is 17.6 Å². The van der Waals surface area contributed by atoms with Gasteiger partial charge in [-0.25, -0.2) is 9.18 Å². The molecule has 0 aliphatic carbocycles. The Hall–Kier alpha value is -2.73. The highest BCUT2D eigenvalue weighted by Gasteiger charge is 2.21. The minimum atomic E-state index is -0.837. The Morgan fingerprint density at radius 3 is 2.67 bits per heavy atom. The number of aromatic nitrogens is 2. The van der Waals surface area contributed by atoms with Gasteiger partial charge in [-0.15, -0.1) is 10.2 Å². The van der Waals surface area contributed by atoms with Crippen LogP contribution in [0, 0.1) is 5.82 Å². The van der Waals surface area contributed by atoms with E-state index in [1.165, 1.54) is 12.1 Å². The van der Waals surface area contributed by atoms with E-state index in [-0.39, 0.29) is 16.5 Å². The molecule has 122 valence electrons. The fourth-order valence-electron chi connectivity index (χ4n) is 2.03. The number of hydrogen-bond acceptors (Lipinski definition) is 5. The molecule has 1 atom stereocenters. The molecule has 0 spiro atoms. The predicted octanol–water partition coefficient (Wildman–Crippen LogP) is 4.45. The zero-order valence-electron chi connectivity index (χ0n) is 12.6. The molecule has 3 aromatic rings. The summed E-state index contributed by atoms with van der Waals surface area (Å²) in [6, 6.07) is 12.9. The molecule has 1 heterocycles. The fourth-order valence-corrected chi connectivity index (χ4v) is 2.18. The van der Waals surface area contributed by atoms with Crippen LogP contribution in [0.15, 0.2) is 52.9 Å². The fraction of sp³-hybridized carbons (Fsp3) is 0.118. The van der Waals surface area contributed by atoms with Gasteiger partial charge in [-0.2, -0.15) is 0 Å². The smallest absolute Gasteiger partial charge is 0.341 e. The van der Waals surface area contributed by atoms with Gasteiger partial charge in [-0.05, 0) is 37.3 Å². The number of benzene rings is 2. The first-order valence-corrected chi connectivity index (χ1v) is 7.47. The standard InChI is InChI=1S/C17H12ClFN2O3/c1-10(23-17(22)13-8-7-12(18)9-14(13)19)15-20-21-16(24-15)11-5-3-2-4-6-11/h2-10H,1H3/t10-/m0/s1. The van der Waals surface area contributed by atoms with Crippen molar-refractivity contribution in [2.75, 3.05) is 0 Å². The number of carbonyl (C=O) groups excluding carboxylic acids is 1. The normalized spacial score (nSPS) is 12.0. The van der Waals surface area contributed by atoms with Crippen LogP contribution in [-0.2, 0) is 4.74 Å². The van der Waals surface area contributed by atoms with Crippen molar-refractivity contribution in [2.45, 2.75) is 13.0 Å². The Morgan fingerprint density at radius 2 is 1.96 bits per heavy atom. The predicted molar refractivity (Wildman–Crippen MR) is 85.0 cm³/mol. The van der Waals surface area contributed by atoms with Gasteiger partial charge < -0.3 is 9.15 Å². The van der Waals surface area contributed by atoms with Crippen molar-refractivity contribution in [3.05, 3.63) is 70.8 Å². The second kappa shape index (κ2) is 6.80. The lowest BCUT2D eigenvalue weighted by Crippen LogP contribution is -2.11. The molecule has 0 radical (unpaired) electrons. The number of carbonyl (C=O) groups is 1. The highest BCUT2D eigenvalue weighted by Crippen LogP contribution is 2.23. The maximum absolute atomic E-state index is 13.7. The van der Waals surface area contributed by atoms with Crippen LogP contribution in [0.2, 0.25) is 5.02 Å². The van der Waals surface area contributed by atoms with Gasteiger partial charge in [0, 0.05) is 10.6 Å². The SMILES string of the molecule is C[C@H](OC(=O)c1ccc(Cl)cc1F)c1nnc(-c2ccccc2)o1. The zero-order chi connectivity index (χ0) is 17.1. The van der Waals surface area contributed by atoms with Gasteiger partial charge in [0.2, 0.25) is 5.89 Å². The Bertz CT molecular complexity index is 867. The topological polar surface area (TPSA) is 65.2 Å². The van der Waals surface area contributed by atoms with Crippen LogP contribution in [0.3, 0.4) is 0 Å². The van der Waals surface area contributed by atoms with E-state index >= 15 is 0 Å². The summed E-state index contributed by atoms with van der Waals surface area (Å²) in [6.45, 7) is 1.56. The van der Waals surface area contributed by atoms with Crippen LogP contribution < -0.4 is 0 Å². The number of hydrogen-bond donors (Lipinski definition) is 0. The largest absolute Gasteiger partial charge is 0.449 e. The summed E-state index contributed by atoms with van der Waals surface area (Å²) in [5, 5.41) is 7.98. The van der Waals surface area contributed by atoms with Crippen molar-refractivity contribution < 1.29 is 18.3 Å². The van der Waals surface area contributed by atoms with E-state index in [2.05, 4.69) is 10.2 Å². The van der Waals surface area contributed by atoms with Crippen molar-refractivity contribution in [1.82, 2.24) is 10.2 Å². The van der Waals surface area contributed by atoms with Gasteiger partial charge in [0.25, 0.3) is 5.89 Å². The summed E-state index contributed by atoms with van der Waals surface area (Å²) in [5.74, 6) is -1.16. The number of nitrogens with zero attached hydrogens (tertiary/aromatic N) is 2. The molecule has 3 rings (SSSR count). The van der Waals surface area contributed by atoms with E-state index in [1.54, 1.807) is 6.92 Å². The van der Waals surface area contributed by atoms with Crippen LogP contribution in [0.4, 0.5) is 4.39 Å². The number of halogens is 2. The van der Waals surface area contributed by atoms with Crippen molar-refractivity contribution in [1.29, 1.82) is 0 Å². The quantitative estimate of drug-likeness (QED) is 0.653. The maximum atomic E-state index is 13.7. The first kappa shape index (κ1) is 16.1. The summed E-state index contributed by atoms with van der Waals surface area (Å²) in [5.41, 5.74) is 0.535. The van der Waals surface area contributed by atoms with Crippen LogP contribution in [0.1, 0.15) is 29.3 Å². The number of ether oxygens (including phenoxy) is 1. The number of rotatable bonds is 4. The van der Waals surface area contributed by atoms with Gasteiger partial charge in [0.15, 0.2) is 6.10 Å². The van der Waals surface area contributed by atoms with Crippen LogP contribution in [-0.4, -0.2) is 16.2 Å². The van der Waals surface area contributed by atoms with Crippen molar-refractivity contribution in [3.8, 4) is 11.5 Å². The van der Waals surface area contributed by atoms with E-state index in [0.717, 1.165) is 11.6 Å². The minimum Gasteiger partial charge on any atom is -0.449 e. The third-order valence-electron chi connectivity index (χ3n) is 3.24. The van der Waals surface area contributed by atoms with Gasteiger partial charge >= 0.3 is 5.97 Å². The maximum Gasteiger partial charge on any atom is 0.341 e. The number of esters is 1. The Balaban J connectivity index is 1.74. The lowest BCUT2D eigenvalue weighted by atomic mass is 10.2. The van der Waals surface area contributed by atoms with Crippen LogP contribution in [0.5, 0.6) is 0 Å². The molecule has 0 amide bonds. The van der Waals surface area contributed by atoms with E-state index in [0.29, 0.717) is 5.89 Å². The highest BCUT2D eigenvalue weighted by atomic mass is 35.5. The van der Waals surface area contributed by atoms with Gasteiger partial charge in [0.1, 0.15) is 5.82 Å². The average molecular weight is 347 g/mol. The van der Waals surface area contributed by atoms with E-state index < -0.39 is 17.9 Å². The molecule has 0 aliphatic rings. The molecule has 0 bridgehead atoms. The monoisotopic (exact) mass is 346 g/mol. The Labute approximate surface area is 142 Å². The van der Waals surface area contributed by atoms with Crippen molar-refractivity contribution in [2.24, 2.45) is 0 Å². The average Bonchev–Trinajstić information content (AvgIpc) is 3.05. The third-order valence-corrected chi connectivity index (χ3v) is 3.48. The molecule has 2 aromatic carbocycles. The van der Waals surface area contributed by atoms with Gasteiger partial charge in [-0.3, -0.25) is 0 Å². The summed E-state index contributed by atoms with van der Waals surface area (Å²) in [7, 11) is 0. The Kier molecular flexibility index (Phi) is 4.57. The Morgan fingerprint density at radius 1 is 1.21 bits per heavy atom. The highest BCUT2D eigenvalue weighted by molar-refractivity contribution is 6.30. The first-order chi connectivity index (χ1) is 11.5. The molecule has 24 heavy (non-hydrogen) atoms. The van der Waals surface area contributed by atoms with Gasteiger partial charge in [-0.1, -0.05) is 29.8 Å². The molecule has 0 saturated carbocycles. The molecule has 0 saturated heterocycles. The molecule has 7 heteroatoms. The molecule has 0 N–H and O–H groups in total. The van der Waals surface area contributed by atoms with E-state index in [4.69, 9.17) is 20.8 Å². The van der Waals surface area contributed by atoms with Crippen LogP contribution >= 0.6 is 11.6 Å². The van der Waals surface area contributed by atoms with Crippen LogP contribution in [0.25, 0.3) is 11.5 Å². The molecular formula is C17H12ClFN2O3. The molecule has 5 nitrogen and oxygen atoms in total. The lowest BCUT2D eigenvalue weighted by Gasteiger charge is -2.10. The minimum absolute atomic E-state index is 0.122. The molecule has 0 fully saturated rings. The van der Waals surface area contributed by atoms with E-state index in [9.17, 15) is 9.18 Å². The first-order valence-electron chi connectivity index (χ1n) is 7.09. The zero-order valence-corrected chi connectivity index (χ0v) is 13.3. The molecule has 1 aromatic heterocycles. The summed E-state index contributed by atoms with van der Waals surface area (Å²) in [4.78, 5) is 12.0. The van der Waals surface area contributed by atoms with Crippen molar-refractivity contribution in [3.63, 3.8) is 0 Å². The summed E-state index contributed by atoms with van der Waals surface area (Å²) < 4.78 is 24.4. The lowest BCUT2D eigenvalue weighted by molar-refractivity contribution is 0.0274. The second-order valence-electron chi connectivity index (χ2n) is 4.98. The summed E-state index contributed by atoms with van der Waals surface area (Å²) in [6.07, 6.45) is -0.822. The van der Waals surface area contributed by atoms with Gasteiger partial charge in [0.05, 0.1) is 5.56 Å². The molecular weight excluding hydrogens is 335 g/mol. The third kappa shape index (κ3) is 3.44.